The highest BCUT2D eigenvalue weighted by molar-refractivity contribution is 5.87. The van der Waals surface area contributed by atoms with Crippen molar-refractivity contribution in [3.05, 3.63) is 57.4 Å². The molecule has 0 bridgehead atoms. The molecule has 1 aromatic carbocycles. The van der Waals surface area contributed by atoms with Gasteiger partial charge in [-0.05, 0) is 64.4 Å². The normalized spacial score (nSPS) is 18.2. The van der Waals surface area contributed by atoms with Crippen LogP contribution in [-0.2, 0) is 28.3 Å². The van der Waals surface area contributed by atoms with E-state index in [0.717, 1.165) is 10.9 Å². The zero-order valence-corrected chi connectivity index (χ0v) is 21.0. The first-order chi connectivity index (χ1) is 17.0. The second-order valence-corrected chi connectivity index (χ2v) is 9.92. The molecule has 0 saturated heterocycles. The van der Waals surface area contributed by atoms with Crippen LogP contribution in [0.15, 0.2) is 35.1 Å². The van der Waals surface area contributed by atoms with E-state index in [2.05, 4.69) is 0 Å². The summed E-state index contributed by atoms with van der Waals surface area (Å²) >= 11 is 0. The van der Waals surface area contributed by atoms with E-state index >= 15 is 0 Å². The number of rotatable bonds is 4. The third-order valence-corrected chi connectivity index (χ3v) is 7.01. The molecule has 0 spiro atoms. The fourth-order valence-electron chi connectivity index (χ4n) is 5.20. The minimum absolute atomic E-state index is 0.00316. The zero-order chi connectivity index (χ0) is 25.9. The van der Waals surface area contributed by atoms with Gasteiger partial charge in [-0.3, -0.25) is 4.79 Å². The number of aliphatic hydroxyl groups is 1. The number of hydrogen-bond acceptors (Lipinski definition) is 7. The van der Waals surface area contributed by atoms with Gasteiger partial charge in [0.15, 0.2) is 5.60 Å². The van der Waals surface area contributed by atoms with Crippen molar-refractivity contribution in [2.24, 2.45) is 0 Å². The molecule has 3 aromatic rings. The Kier molecular flexibility index (Phi) is 5.63. The lowest BCUT2D eigenvalue weighted by molar-refractivity contribution is -0.172. The molecule has 2 aliphatic heterocycles. The fourth-order valence-corrected chi connectivity index (χ4v) is 5.20. The van der Waals surface area contributed by atoms with Crippen molar-refractivity contribution in [1.29, 1.82) is 0 Å². The van der Waals surface area contributed by atoms with Gasteiger partial charge in [-0.25, -0.2) is 14.6 Å². The molecule has 0 radical (unpaired) electrons. The maximum absolute atomic E-state index is 13.3. The Balaban J connectivity index is 1.55. The molecule has 2 aromatic heterocycles. The van der Waals surface area contributed by atoms with Crippen LogP contribution < -0.4 is 10.3 Å². The molecule has 188 valence electrons. The lowest BCUT2D eigenvalue weighted by Crippen LogP contribution is -2.44. The summed E-state index contributed by atoms with van der Waals surface area (Å²) in [5, 5.41) is 11.8. The zero-order valence-electron chi connectivity index (χ0n) is 21.0. The van der Waals surface area contributed by atoms with Crippen molar-refractivity contribution >= 4 is 23.0 Å². The molecular formula is C27H29N3O6. The van der Waals surface area contributed by atoms with Crippen LogP contribution in [0.5, 0.6) is 5.75 Å². The fraction of sp³-hybridized carbons (Fsp3) is 0.407. The third-order valence-electron chi connectivity index (χ3n) is 7.01. The number of esters is 1. The second-order valence-electron chi connectivity index (χ2n) is 9.92. The number of carbonyl (C=O) groups excluding carboxylic acids is 2. The number of carbonyl (C=O) groups is 2. The van der Waals surface area contributed by atoms with Gasteiger partial charge in [0.1, 0.15) is 12.4 Å². The van der Waals surface area contributed by atoms with Crippen LogP contribution in [0.2, 0.25) is 0 Å². The number of aromatic nitrogens is 2. The number of ether oxygens (including phenoxy) is 2. The van der Waals surface area contributed by atoms with Crippen molar-refractivity contribution in [2.45, 2.75) is 71.9 Å². The van der Waals surface area contributed by atoms with Crippen LogP contribution >= 0.6 is 0 Å². The molecule has 36 heavy (non-hydrogen) atoms. The van der Waals surface area contributed by atoms with E-state index in [9.17, 15) is 19.5 Å². The largest absolute Gasteiger partial charge is 0.458 e. The monoisotopic (exact) mass is 491 g/mol. The number of pyridine rings is 2. The van der Waals surface area contributed by atoms with Crippen LogP contribution in [0.25, 0.3) is 22.3 Å². The molecule has 1 N–H and O–H groups in total. The van der Waals surface area contributed by atoms with E-state index < -0.39 is 17.7 Å². The summed E-state index contributed by atoms with van der Waals surface area (Å²) in [7, 11) is 0. The molecule has 2 aliphatic rings. The Morgan fingerprint density at radius 1 is 1.19 bits per heavy atom. The first-order valence-electron chi connectivity index (χ1n) is 12.2. The lowest BCUT2D eigenvalue weighted by Gasteiger charge is -2.31. The van der Waals surface area contributed by atoms with Crippen molar-refractivity contribution in [3.8, 4) is 17.1 Å². The maximum atomic E-state index is 13.3. The van der Waals surface area contributed by atoms with Crippen molar-refractivity contribution in [3.63, 3.8) is 0 Å². The first kappa shape index (κ1) is 24.0. The molecule has 9 heteroatoms. The summed E-state index contributed by atoms with van der Waals surface area (Å²) in [5.74, 6) is -0.338. The molecule has 4 heterocycles. The number of cyclic esters (lactones) is 1. The summed E-state index contributed by atoms with van der Waals surface area (Å²) in [6.07, 6.45) is -0.329. The molecule has 1 amide bonds. The minimum atomic E-state index is -1.86. The number of fused-ring (bicyclic) bond motifs is 5. The van der Waals surface area contributed by atoms with Crippen molar-refractivity contribution < 1.29 is 24.2 Å². The summed E-state index contributed by atoms with van der Waals surface area (Å²) in [6.45, 7) is 9.57. The number of amides is 1. The van der Waals surface area contributed by atoms with Gasteiger partial charge in [-0.15, -0.1) is 0 Å². The van der Waals surface area contributed by atoms with Gasteiger partial charge in [0.25, 0.3) is 5.56 Å². The van der Waals surface area contributed by atoms with Gasteiger partial charge in [-0.2, -0.15) is 0 Å². The molecule has 9 nitrogen and oxygen atoms in total. The number of nitrogens with zero attached hydrogens (tertiary/aromatic N) is 3. The minimum Gasteiger partial charge on any atom is -0.458 e. The standard InChI is InChI=1S/C27H29N3O6/c1-6-27(34)20-11-22-23-17(12-29(22)24(31)19(20)13-35-25(27)32)9-16-10-18(7-8-21(16)28-23)36-26(33)30(14(2)3)15(4)5/h7-11,14-15,34H,6,12-13H2,1-5H3. The van der Waals surface area contributed by atoms with Gasteiger partial charge in [-0.1, -0.05) is 6.92 Å². The Hall–Kier alpha value is -3.72. The van der Waals surface area contributed by atoms with Crippen LogP contribution in [0.3, 0.4) is 0 Å². The highest BCUT2D eigenvalue weighted by Crippen LogP contribution is 2.38. The highest BCUT2D eigenvalue weighted by atomic mass is 16.6. The maximum Gasteiger partial charge on any atom is 0.415 e. The summed E-state index contributed by atoms with van der Waals surface area (Å²) in [4.78, 5) is 44.8. The Bertz CT molecular complexity index is 1470. The second kappa shape index (κ2) is 8.44. The van der Waals surface area contributed by atoms with E-state index in [1.807, 2.05) is 33.8 Å². The molecule has 0 aliphatic carbocycles. The molecular weight excluding hydrogens is 462 g/mol. The summed E-state index contributed by atoms with van der Waals surface area (Å²) < 4.78 is 12.4. The van der Waals surface area contributed by atoms with E-state index in [0.29, 0.717) is 29.2 Å². The molecule has 0 saturated carbocycles. The Morgan fingerprint density at radius 2 is 1.92 bits per heavy atom. The van der Waals surface area contributed by atoms with Gasteiger partial charge in [0.2, 0.25) is 0 Å². The average molecular weight is 492 g/mol. The number of hydrogen-bond donors (Lipinski definition) is 1. The van der Waals surface area contributed by atoms with Crippen molar-refractivity contribution in [1.82, 2.24) is 14.5 Å². The molecule has 1 atom stereocenters. The highest BCUT2D eigenvalue weighted by Gasteiger charge is 2.45. The SMILES string of the molecule is CCC1(O)C(=O)OCc2c1cc1n(c2=O)Cc2cc3cc(OC(=O)N(C(C)C)C(C)C)ccc3nc2-1. The number of benzene rings is 1. The molecule has 0 fully saturated rings. The first-order valence-corrected chi connectivity index (χ1v) is 12.2. The van der Waals surface area contributed by atoms with Crippen LogP contribution in [0, 0.1) is 0 Å². The van der Waals surface area contributed by atoms with Gasteiger partial charge in [0, 0.05) is 28.6 Å². The average Bonchev–Trinajstić information content (AvgIpc) is 3.17. The van der Waals surface area contributed by atoms with E-state index in [1.165, 1.54) is 0 Å². The van der Waals surface area contributed by atoms with Crippen LogP contribution in [0.1, 0.15) is 57.7 Å². The Morgan fingerprint density at radius 3 is 2.58 bits per heavy atom. The van der Waals surface area contributed by atoms with Crippen LogP contribution in [-0.4, -0.2) is 43.7 Å². The molecule has 5 rings (SSSR count). The van der Waals surface area contributed by atoms with Gasteiger partial charge >= 0.3 is 12.1 Å². The quantitative estimate of drug-likeness (QED) is 0.433. The predicted octanol–water partition coefficient (Wildman–Crippen LogP) is 3.70. The topological polar surface area (TPSA) is 111 Å². The van der Waals surface area contributed by atoms with Gasteiger partial charge < -0.3 is 24.0 Å². The molecule has 1 unspecified atom stereocenters. The van der Waals surface area contributed by atoms with E-state index in [-0.39, 0.29) is 41.8 Å². The van der Waals surface area contributed by atoms with E-state index in [4.69, 9.17) is 14.5 Å². The van der Waals surface area contributed by atoms with Gasteiger partial charge in [0.05, 0.1) is 29.0 Å². The smallest absolute Gasteiger partial charge is 0.415 e. The summed E-state index contributed by atoms with van der Waals surface area (Å²) in [6, 6.07) is 8.84. The third kappa shape index (κ3) is 3.57. The van der Waals surface area contributed by atoms with Crippen LogP contribution in [0.4, 0.5) is 4.79 Å². The predicted molar refractivity (Wildman–Crippen MR) is 133 cm³/mol. The van der Waals surface area contributed by atoms with E-state index in [1.54, 1.807) is 40.7 Å². The summed E-state index contributed by atoms with van der Waals surface area (Å²) in [5.41, 5.74) is 1.07. The Labute approximate surface area is 208 Å². The lowest BCUT2D eigenvalue weighted by atomic mass is 9.86. The van der Waals surface area contributed by atoms with Crippen molar-refractivity contribution in [2.75, 3.05) is 0 Å².